The maximum atomic E-state index is 11.4. The van der Waals surface area contributed by atoms with Crippen molar-refractivity contribution >= 4 is 5.69 Å². The van der Waals surface area contributed by atoms with E-state index in [-0.39, 0.29) is 5.69 Å². The van der Waals surface area contributed by atoms with Crippen LogP contribution in [0.15, 0.2) is 34.7 Å². The largest absolute Gasteiger partial charge is 0.497 e. The number of nitrogens with zero attached hydrogens (tertiary/aromatic N) is 2. The molecule has 1 N–H and O–H groups in total. The van der Waals surface area contributed by atoms with Crippen molar-refractivity contribution < 1.29 is 14.1 Å². The van der Waals surface area contributed by atoms with Gasteiger partial charge in [0.05, 0.1) is 30.2 Å². The Kier molecular flexibility index (Phi) is 4.88. The molecule has 0 atom stereocenters. The lowest BCUT2D eigenvalue weighted by Gasteiger charge is -2.33. The third-order valence-electron chi connectivity index (χ3n) is 5.89. The molecule has 144 valence electrons. The first-order chi connectivity index (χ1) is 13.1. The Morgan fingerprint density at radius 2 is 2.07 bits per heavy atom. The van der Waals surface area contributed by atoms with Crippen LogP contribution in [0.4, 0.5) is 5.69 Å². The normalized spacial score (nSPS) is 19.4. The van der Waals surface area contributed by atoms with E-state index in [4.69, 9.17) is 9.15 Å². The number of hydrogen-bond acceptors (Lipinski definition) is 6. The molecule has 0 saturated carbocycles. The Labute approximate surface area is 158 Å². The van der Waals surface area contributed by atoms with Crippen LogP contribution in [0.2, 0.25) is 0 Å². The van der Waals surface area contributed by atoms with Crippen molar-refractivity contribution in [2.45, 2.75) is 25.8 Å². The van der Waals surface area contributed by atoms with Gasteiger partial charge in [-0.15, -0.1) is 0 Å². The van der Waals surface area contributed by atoms with E-state index >= 15 is 0 Å². The number of likely N-dealkylation sites (tertiary alicyclic amines) is 1. The SMILES string of the molecule is COc1ccc(-c2ccc(CN3CCC4(CCNCC4)C3)o2)c([N+](=O)[O-])c1. The number of furan rings is 1. The highest BCUT2D eigenvalue weighted by molar-refractivity contribution is 5.71. The molecule has 1 aromatic carbocycles. The van der Waals surface area contributed by atoms with Crippen LogP contribution in [0, 0.1) is 15.5 Å². The second-order valence-electron chi connectivity index (χ2n) is 7.62. The highest BCUT2D eigenvalue weighted by Gasteiger charge is 2.38. The first-order valence-corrected chi connectivity index (χ1v) is 9.43. The van der Waals surface area contributed by atoms with E-state index in [1.165, 1.54) is 32.4 Å². The molecule has 2 fully saturated rings. The van der Waals surface area contributed by atoms with Gasteiger partial charge in [-0.3, -0.25) is 15.0 Å². The topological polar surface area (TPSA) is 80.8 Å². The van der Waals surface area contributed by atoms with Crippen LogP contribution in [0.1, 0.15) is 25.0 Å². The highest BCUT2D eigenvalue weighted by atomic mass is 16.6. The third kappa shape index (κ3) is 3.70. The molecule has 7 heteroatoms. The zero-order valence-electron chi connectivity index (χ0n) is 15.6. The monoisotopic (exact) mass is 371 g/mol. The average Bonchev–Trinajstić information content (AvgIpc) is 3.29. The lowest BCUT2D eigenvalue weighted by atomic mass is 9.78. The van der Waals surface area contributed by atoms with Crippen LogP contribution in [-0.2, 0) is 6.54 Å². The molecule has 1 spiro atoms. The summed E-state index contributed by atoms with van der Waals surface area (Å²) in [6.07, 6.45) is 3.72. The minimum absolute atomic E-state index is 0.00918. The molecule has 3 heterocycles. The smallest absolute Gasteiger partial charge is 0.284 e. The van der Waals surface area contributed by atoms with E-state index in [1.54, 1.807) is 12.1 Å². The minimum Gasteiger partial charge on any atom is -0.497 e. The van der Waals surface area contributed by atoms with Crippen molar-refractivity contribution in [2.75, 3.05) is 33.3 Å². The highest BCUT2D eigenvalue weighted by Crippen LogP contribution is 2.39. The number of nitro groups is 1. The van der Waals surface area contributed by atoms with Gasteiger partial charge in [0, 0.05) is 6.54 Å². The van der Waals surface area contributed by atoms with E-state index < -0.39 is 4.92 Å². The van der Waals surface area contributed by atoms with Gasteiger partial charge in [-0.05, 0) is 68.6 Å². The number of rotatable bonds is 5. The molecule has 0 bridgehead atoms. The predicted octanol–water partition coefficient (Wildman–Crippen LogP) is 3.44. The maximum Gasteiger partial charge on any atom is 0.284 e. The van der Waals surface area contributed by atoms with Crippen molar-refractivity contribution in [3.63, 3.8) is 0 Å². The predicted molar refractivity (Wildman–Crippen MR) is 102 cm³/mol. The van der Waals surface area contributed by atoms with Gasteiger partial charge in [0.25, 0.3) is 5.69 Å². The lowest BCUT2D eigenvalue weighted by molar-refractivity contribution is -0.384. The molecule has 0 radical (unpaired) electrons. The first kappa shape index (κ1) is 18.0. The standard InChI is InChI=1S/C20H25N3O4/c1-26-15-2-4-17(18(12-15)23(24)25)19-5-3-16(27-19)13-22-11-8-20(14-22)6-9-21-10-7-20/h2-5,12,21H,6-11,13-14H2,1H3. The van der Waals surface area contributed by atoms with Gasteiger partial charge in [0.2, 0.25) is 0 Å². The molecule has 1 aromatic heterocycles. The number of ether oxygens (including phenoxy) is 1. The fraction of sp³-hybridized carbons (Fsp3) is 0.500. The summed E-state index contributed by atoms with van der Waals surface area (Å²) in [5.74, 6) is 1.83. The van der Waals surface area contributed by atoms with E-state index in [0.29, 0.717) is 22.5 Å². The second kappa shape index (κ2) is 7.32. The van der Waals surface area contributed by atoms with E-state index in [2.05, 4.69) is 10.2 Å². The summed E-state index contributed by atoms with van der Waals surface area (Å²) in [7, 11) is 1.49. The van der Waals surface area contributed by atoms with Crippen molar-refractivity contribution in [2.24, 2.45) is 5.41 Å². The molecule has 0 unspecified atom stereocenters. The molecule has 27 heavy (non-hydrogen) atoms. The summed E-state index contributed by atoms with van der Waals surface area (Å²) in [5, 5.41) is 14.9. The summed E-state index contributed by atoms with van der Waals surface area (Å²) in [6, 6.07) is 8.57. The summed E-state index contributed by atoms with van der Waals surface area (Å²) in [6.45, 7) is 5.16. The van der Waals surface area contributed by atoms with Crippen molar-refractivity contribution in [1.29, 1.82) is 0 Å². The Bertz CT molecular complexity index is 826. The Morgan fingerprint density at radius 1 is 1.26 bits per heavy atom. The molecule has 2 aromatic rings. The number of methoxy groups -OCH3 is 1. The molecule has 4 rings (SSSR count). The summed E-state index contributed by atoms with van der Waals surface area (Å²) < 4.78 is 11.1. The van der Waals surface area contributed by atoms with Crippen molar-refractivity contribution in [3.05, 3.63) is 46.2 Å². The van der Waals surface area contributed by atoms with E-state index in [0.717, 1.165) is 38.5 Å². The number of hydrogen-bond donors (Lipinski definition) is 1. The zero-order chi connectivity index (χ0) is 18.9. The van der Waals surface area contributed by atoms with E-state index in [1.807, 2.05) is 12.1 Å². The average molecular weight is 371 g/mol. The molecule has 2 aliphatic rings. The number of nitro benzene ring substituents is 1. The molecular formula is C20H25N3O4. The van der Waals surface area contributed by atoms with Crippen LogP contribution < -0.4 is 10.1 Å². The van der Waals surface area contributed by atoms with E-state index in [9.17, 15) is 10.1 Å². The molecular weight excluding hydrogens is 346 g/mol. The Hall–Kier alpha value is -2.38. The number of nitrogens with one attached hydrogen (secondary N) is 1. The van der Waals surface area contributed by atoms with Crippen molar-refractivity contribution in [1.82, 2.24) is 10.2 Å². The van der Waals surface area contributed by atoms with Crippen LogP contribution in [0.5, 0.6) is 5.75 Å². The Morgan fingerprint density at radius 3 is 2.81 bits per heavy atom. The quantitative estimate of drug-likeness (QED) is 0.641. The van der Waals surface area contributed by atoms with Gasteiger partial charge in [0.1, 0.15) is 17.3 Å². The first-order valence-electron chi connectivity index (χ1n) is 9.43. The van der Waals surface area contributed by atoms with Gasteiger partial charge >= 0.3 is 0 Å². The lowest BCUT2D eigenvalue weighted by Crippen LogP contribution is -2.38. The molecule has 0 aliphatic carbocycles. The van der Waals surface area contributed by atoms with Crippen LogP contribution >= 0.6 is 0 Å². The minimum atomic E-state index is -0.401. The van der Waals surface area contributed by atoms with Gasteiger partial charge in [0.15, 0.2) is 0 Å². The summed E-state index contributed by atoms with van der Waals surface area (Å²) >= 11 is 0. The molecule has 7 nitrogen and oxygen atoms in total. The summed E-state index contributed by atoms with van der Waals surface area (Å²) in [4.78, 5) is 13.5. The second-order valence-corrected chi connectivity index (χ2v) is 7.62. The summed E-state index contributed by atoms with van der Waals surface area (Å²) in [5.41, 5.74) is 0.920. The fourth-order valence-corrected chi connectivity index (χ4v) is 4.35. The van der Waals surface area contributed by atoms with Crippen LogP contribution in [0.3, 0.4) is 0 Å². The zero-order valence-corrected chi connectivity index (χ0v) is 15.6. The third-order valence-corrected chi connectivity index (χ3v) is 5.89. The number of piperidine rings is 1. The van der Waals surface area contributed by atoms with Gasteiger partial charge < -0.3 is 14.5 Å². The van der Waals surface area contributed by atoms with Crippen LogP contribution in [0.25, 0.3) is 11.3 Å². The maximum absolute atomic E-state index is 11.4. The van der Waals surface area contributed by atoms with Crippen LogP contribution in [-0.4, -0.2) is 43.1 Å². The number of benzene rings is 1. The van der Waals surface area contributed by atoms with Crippen molar-refractivity contribution in [3.8, 4) is 17.1 Å². The fourth-order valence-electron chi connectivity index (χ4n) is 4.35. The molecule has 0 amide bonds. The van der Waals surface area contributed by atoms with Gasteiger partial charge in [-0.1, -0.05) is 0 Å². The Balaban J connectivity index is 1.49. The molecule has 2 aliphatic heterocycles. The van der Waals surface area contributed by atoms with Gasteiger partial charge in [-0.25, -0.2) is 0 Å². The molecule has 2 saturated heterocycles. The van der Waals surface area contributed by atoms with Gasteiger partial charge in [-0.2, -0.15) is 0 Å².